The third-order valence-electron chi connectivity index (χ3n) is 3.03. The number of hydrogen-bond donors (Lipinski definition) is 0. The summed E-state index contributed by atoms with van der Waals surface area (Å²) in [6.07, 6.45) is 1.56. The zero-order chi connectivity index (χ0) is 15.4. The van der Waals surface area contributed by atoms with Gasteiger partial charge >= 0.3 is 5.97 Å². The molecule has 0 aliphatic rings. The zero-order valence-corrected chi connectivity index (χ0v) is 13.9. The summed E-state index contributed by atoms with van der Waals surface area (Å²) in [4.78, 5) is 15.2. The molecule has 0 fully saturated rings. The van der Waals surface area contributed by atoms with E-state index in [0.717, 1.165) is 16.6 Å². The maximum atomic E-state index is 11.9. The van der Waals surface area contributed by atoms with Crippen LogP contribution in [0.5, 0.6) is 0 Å². The van der Waals surface area contributed by atoms with E-state index in [0.29, 0.717) is 18.7 Å². The molecule has 0 atom stereocenters. The van der Waals surface area contributed by atoms with Gasteiger partial charge in [-0.15, -0.1) is 11.3 Å². The molecule has 0 aromatic carbocycles. The minimum atomic E-state index is -0.326. The lowest BCUT2D eigenvalue weighted by molar-refractivity contribution is 0.0524. The summed E-state index contributed by atoms with van der Waals surface area (Å²) in [5, 5.41) is 4.15. The Morgan fingerprint density at radius 2 is 2.24 bits per heavy atom. The Bertz CT molecular complexity index is 624. The number of carbonyl (C=O) groups excluding carboxylic acids is 1. The number of thiophene rings is 1. The first-order valence-electron chi connectivity index (χ1n) is 6.62. The minimum Gasteiger partial charge on any atom is -0.462 e. The molecule has 0 saturated carbocycles. The molecule has 0 spiro atoms. The first-order chi connectivity index (χ1) is 10.0. The first kappa shape index (κ1) is 16.0. The Labute approximate surface area is 133 Å². The molecule has 21 heavy (non-hydrogen) atoms. The molecular weight excluding hydrogens is 310 g/mol. The topological polar surface area (TPSA) is 47.4 Å². The van der Waals surface area contributed by atoms with Gasteiger partial charge in [-0.1, -0.05) is 11.6 Å². The monoisotopic (exact) mass is 327 g/mol. The van der Waals surface area contributed by atoms with E-state index in [-0.39, 0.29) is 5.97 Å². The van der Waals surface area contributed by atoms with E-state index in [1.807, 2.05) is 26.2 Å². The van der Waals surface area contributed by atoms with Crippen molar-refractivity contribution in [2.75, 3.05) is 13.7 Å². The van der Waals surface area contributed by atoms with Crippen molar-refractivity contribution in [1.82, 2.24) is 14.7 Å². The minimum absolute atomic E-state index is 0.326. The molecule has 7 heteroatoms. The predicted octanol–water partition coefficient (Wildman–Crippen LogP) is 2.94. The van der Waals surface area contributed by atoms with Crippen molar-refractivity contribution in [3.63, 3.8) is 0 Å². The quantitative estimate of drug-likeness (QED) is 0.765. The Hall–Kier alpha value is -1.37. The summed E-state index contributed by atoms with van der Waals surface area (Å²) in [6.45, 7) is 3.53. The third-order valence-corrected chi connectivity index (χ3v) is 4.25. The standard InChI is InChI=1S/C14H18ClN3O2S/c1-4-20-14(19)11-7-16-18(3)12(11)9-17(2)8-10-5-6-13(15)21-10/h5-7H,4,8-9H2,1-3H3. The van der Waals surface area contributed by atoms with Crippen LogP contribution in [-0.4, -0.2) is 34.3 Å². The molecule has 2 aromatic heterocycles. The Morgan fingerprint density at radius 3 is 2.86 bits per heavy atom. The van der Waals surface area contributed by atoms with Crippen LogP contribution in [0.4, 0.5) is 0 Å². The number of carbonyl (C=O) groups is 1. The first-order valence-corrected chi connectivity index (χ1v) is 7.81. The molecule has 0 bridgehead atoms. The van der Waals surface area contributed by atoms with Gasteiger partial charge in [0.25, 0.3) is 0 Å². The third kappa shape index (κ3) is 4.06. The lowest BCUT2D eigenvalue weighted by atomic mass is 10.2. The van der Waals surface area contributed by atoms with Crippen LogP contribution in [0, 0.1) is 0 Å². The molecule has 2 aromatic rings. The van der Waals surface area contributed by atoms with Gasteiger partial charge in [0, 0.05) is 25.0 Å². The fourth-order valence-electron chi connectivity index (χ4n) is 2.04. The number of aromatic nitrogens is 2. The Kier molecular flexibility index (Phi) is 5.39. The molecule has 0 amide bonds. The van der Waals surface area contributed by atoms with E-state index in [2.05, 4.69) is 10.00 Å². The Balaban J connectivity index is 2.08. The van der Waals surface area contributed by atoms with E-state index in [1.54, 1.807) is 29.1 Å². The van der Waals surface area contributed by atoms with Gasteiger partial charge < -0.3 is 4.74 Å². The second-order valence-corrected chi connectivity index (χ2v) is 6.53. The van der Waals surface area contributed by atoms with Crippen LogP contribution in [0.1, 0.15) is 27.9 Å². The van der Waals surface area contributed by atoms with E-state index in [9.17, 15) is 4.79 Å². The largest absolute Gasteiger partial charge is 0.462 e. The van der Waals surface area contributed by atoms with Gasteiger partial charge in [-0.05, 0) is 26.1 Å². The molecule has 0 N–H and O–H groups in total. The average Bonchev–Trinajstić information content (AvgIpc) is 2.97. The van der Waals surface area contributed by atoms with Gasteiger partial charge in [0.05, 0.1) is 22.8 Å². The maximum absolute atomic E-state index is 11.9. The van der Waals surface area contributed by atoms with Gasteiger partial charge in [0.1, 0.15) is 5.56 Å². The van der Waals surface area contributed by atoms with Gasteiger partial charge in [-0.3, -0.25) is 9.58 Å². The molecular formula is C14H18ClN3O2S. The predicted molar refractivity (Wildman–Crippen MR) is 83.7 cm³/mol. The van der Waals surface area contributed by atoms with Crippen LogP contribution in [0.3, 0.4) is 0 Å². The van der Waals surface area contributed by atoms with Gasteiger partial charge in [-0.2, -0.15) is 5.10 Å². The molecule has 114 valence electrons. The summed E-state index contributed by atoms with van der Waals surface area (Å²) < 4.78 is 7.55. The molecule has 0 aliphatic heterocycles. The van der Waals surface area contributed by atoms with Crippen molar-refractivity contribution in [2.45, 2.75) is 20.0 Å². The molecule has 2 heterocycles. The lowest BCUT2D eigenvalue weighted by Crippen LogP contribution is -2.20. The molecule has 0 radical (unpaired) electrons. The maximum Gasteiger partial charge on any atom is 0.341 e. The lowest BCUT2D eigenvalue weighted by Gasteiger charge is -2.16. The fourth-order valence-corrected chi connectivity index (χ4v) is 3.21. The highest BCUT2D eigenvalue weighted by Gasteiger charge is 2.18. The highest BCUT2D eigenvalue weighted by atomic mass is 35.5. The zero-order valence-electron chi connectivity index (χ0n) is 12.3. The molecule has 0 aliphatic carbocycles. The summed E-state index contributed by atoms with van der Waals surface area (Å²) >= 11 is 7.50. The molecule has 0 saturated heterocycles. The van der Waals surface area contributed by atoms with Crippen LogP contribution >= 0.6 is 22.9 Å². The van der Waals surface area contributed by atoms with E-state index < -0.39 is 0 Å². The second kappa shape index (κ2) is 7.06. The summed E-state index contributed by atoms with van der Waals surface area (Å²) in [7, 11) is 3.82. The van der Waals surface area contributed by atoms with Crippen molar-refractivity contribution in [3.8, 4) is 0 Å². The molecule has 2 rings (SSSR count). The van der Waals surface area contributed by atoms with Gasteiger partial charge in [0.15, 0.2) is 0 Å². The van der Waals surface area contributed by atoms with Crippen molar-refractivity contribution < 1.29 is 9.53 Å². The Morgan fingerprint density at radius 1 is 1.48 bits per heavy atom. The van der Waals surface area contributed by atoms with Gasteiger partial charge in [-0.25, -0.2) is 4.79 Å². The van der Waals surface area contributed by atoms with Crippen molar-refractivity contribution in [1.29, 1.82) is 0 Å². The average molecular weight is 328 g/mol. The summed E-state index contributed by atoms with van der Waals surface area (Å²) in [5.41, 5.74) is 1.37. The molecule has 5 nitrogen and oxygen atoms in total. The fraction of sp³-hybridized carbons (Fsp3) is 0.429. The van der Waals surface area contributed by atoms with E-state index >= 15 is 0 Å². The van der Waals surface area contributed by atoms with Crippen LogP contribution in [-0.2, 0) is 24.9 Å². The van der Waals surface area contributed by atoms with Crippen molar-refractivity contribution in [2.24, 2.45) is 7.05 Å². The molecule has 0 unspecified atom stereocenters. The van der Waals surface area contributed by atoms with Crippen LogP contribution in [0.25, 0.3) is 0 Å². The number of hydrogen-bond acceptors (Lipinski definition) is 5. The van der Waals surface area contributed by atoms with E-state index in [1.165, 1.54) is 4.88 Å². The number of nitrogens with zero attached hydrogens (tertiary/aromatic N) is 3. The normalized spacial score (nSPS) is 11.1. The van der Waals surface area contributed by atoms with Crippen LogP contribution < -0.4 is 0 Å². The highest BCUT2D eigenvalue weighted by Crippen LogP contribution is 2.23. The number of esters is 1. The summed E-state index contributed by atoms with van der Waals surface area (Å²) in [5.74, 6) is -0.326. The number of aryl methyl sites for hydroxylation is 1. The SMILES string of the molecule is CCOC(=O)c1cnn(C)c1CN(C)Cc1ccc(Cl)s1. The second-order valence-electron chi connectivity index (χ2n) is 4.73. The van der Waals surface area contributed by atoms with Crippen LogP contribution in [0.2, 0.25) is 4.34 Å². The van der Waals surface area contributed by atoms with Crippen molar-refractivity contribution >= 4 is 28.9 Å². The van der Waals surface area contributed by atoms with Crippen LogP contribution in [0.15, 0.2) is 18.3 Å². The number of rotatable bonds is 6. The smallest absolute Gasteiger partial charge is 0.341 e. The summed E-state index contributed by atoms with van der Waals surface area (Å²) in [6, 6.07) is 3.91. The van der Waals surface area contributed by atoms with E-state index in [4.69, 9.17) is 16.3 Å². The van der Waals surface area contributed by atoms with Gasteiger partial charge in [0.2, 0.25) is 0 Å². The number of ether oxygens (including phenoxy) is 1. The highest BCUT2D eigenvalue weighted by molar-refractivity contribution is 7.16. The van der Waals surface area contributed by atoms with Crippen molar-refractivity contribution in [3.05, 3.63) is 38.8 Å². The number of halogens is 1.